The normalized spacial score (nSPS) is 13.3. The lowest BCUT2D eigenvalue weighted by Crippen LogP contribution is -2.08. The van der Waals surface area contributed by atoms with Crippen LogP contribution in [-0.2, 0) is 9.47 Å². The van der Waals surface area contributed by atoms with Crippen LogP contribution in [0.3, 0.4) is 0 Å². The van der Waals surface area contributed by atoms with E-state index in [1.807, 2.05) is 33.8 Å². The van der Waals surface area contributed by atoms with Gasteiger partial charge in [-0.15, -0.1) is 0 Å². The number of allylic oxidation sites excluding steroid dienone is 3. The number of rotatable bonds is 9. The molecule has 0 fully saturated rings. The summed E-state index contributed by atoms with van der Waals surface area (Å²) in [5.74, 6) is 0.543. The van der Waals surface area contributed by atoms with Gasteiger partial charge in [0.25, 0.3) is 0 Å². The lowest BCUT2D eigenvalue weighted by atomic mass is 9.92. The lowest BCUT2D eigenvalue weighted by molar-refractivity contribution is 0.131. The molecule has 2 nitrogen and oxygen atoms in total. The quantitative estimate of drug-likeness (QED) is 0.312. The standard InChI is InChI=1S/C16H30O2.C2H6/c1-6-12-18-14-10-15(9-13-17-7-2)8-11-16(3,4)5;1-2/h6,8,11-12,15H,7,9-10,13-14H2,1-5H3;1-2H3. The SMILES string of the molecule is CC.CC=COCCC(C=CC(C)(C)C)CCOCC. The summed E-state index contributed by atoms with van der Waals surface area (Å²) in [7, 11) is 0. The zero-order valence-electron chi connectivity index (χ0n) is 14.7. The van der Waals surface area contributed by atoms with Crippen molar-refractivity contribution in [2.75, 3.05) is 19.8 Å². The van der Waals surface area contributed by atoms with Crippen LogP contribution in [0.5, 0.6) is 0 Å². The molecular formula is C18H36O2. The number of hydrogen-bond acceptors (Lipinski definition) is 2. The summed E-state index contributed by atoms with van der Waals surface area (Å²) >= 11 is 0. The first-order valence-corrected chi connectivity index (χ1v) is 7.99. The first kappa shape index (κ1) is 21.5. The van der Waals surface area contributed by atoms with Gasteiger partial charge in [0.15, 0.2) is 0 Å². The maximum atomic E-state index is 5.43. The molecule has 0 aromatic carbocycles. The summed E-state index contributed by atoms with van der Waals surface area (Å²) in [5, 5.41) is 0. The molecule has 0 saturated carbocycles. The van der Waals surface area contributed by atoms with Crippen LogP contribution in [0.1, 0.15) is 61.3 Å². The second-order valence-corrected chi connectivity index (χ2v) is 5.60. The maximum Gasteiger partial charge on any atom is 0.0878 e. The van der Waals surface area contributed by atoms with Crippen molar-refractivity contribution < 1.29 is 9.47 Å². The van der Waals surface area contributed by atoms with E-state index in [9.17, 15) is 0 Å². The average Bonchev–Trinajstić information content (AvgIpc) is 2.41. The molecule has 2 heteroatoms. The van der Waals surface area contributed by atoms with E-state index in [0.29, 0.717) is 5.92 Å². The average molecular weight is 284 g/mol. The Morgan fingerprint density at radius 3 is 2.15 bits per heavy atom. The van der Waals surface area contributed by atoms with Gasteiger partial charge in [-0.3, -0.25) is 0 Å². The molecule has 0 heterocycles. The van der Waals surface area contributed by atoms with Crippen LogP contribution in [0.2, 0.25) is 0 Å². The zero-order chi connectivity index (χ0) is 15.9. The van der Waals surface area contributed by atoms with E-state index in [-0.39, 0.29) is 5.41 Å². The van der Waals surface area contributed by atoms with Crippen molar-refractivity contribution in [1.29, 1.82) is 0 Å². The topological polar surface area (TPSA) is 18.5 Å². The highest BCUT2D eigenvalue weighted by Gasteiger charge is 2.09. The summed E-state index contributed by atoms with van der Waals surface area (Å²) < 4.78 is 10.8. The Balaban J connectivity index is 0. The lowest BCUT2D eigenvalue weighted by Gasteiger charge is -2.16. The number of hydrogen-bond donors (Lipinski definition) is 0. The van der Waals surface area contributed by atoms with Crippen LogP contribution < -0.4 is 0 Å². The van der Waals surface area contributed by atoms with Crippen molar-refractivity contribution >= 4 is 0 Å². The van der Waals surface area contributed by atoms with Gasteiger partial charge >= 0.3 is 0 Å². The van der Waals surface area contributed by atoms with Gasteiger partial charge in [-0.2, -0.15) is 0 Å². The van der Waals surface area contributed by atoms with Gasteiger partial charge in [0.05, 0.1) is 12.9 Å². The predicted octanol–water partition coefficient (Wildman–Crippen LogP) is 5.60. The third-order valence-electron chi connectivity index (χ3n) is 2.54. The van der Waals surface area contributed by atoms with Gasteiger partial charge < -0.3 is 9.47 Å². The van der Waals surface area contributed by atoms with E-state index in [0.717, 1.165) is 32.7 Å². The molecule has 0 N–H and O–H groups in total. The van der Waals surface area contributed by atoms with Gasteiger partial charge in [-0.1, -0.05) is 52.8 Å². The monoisotopic (exact) mass is 284 g/mol. The first-order valence-electron chi connectivity index (χ1n) is 7.99. The zero-order valence-corrected chi connectivity index (χ0v) is 14.7. The van der Waals surface area contributed by atoms with E-state index >= 15 is 0 Å². The summed E-state index contributed by atoms with van der Waals surface area (Å²) in [4.78, 5) is 0. The Bertz CT molecular complexity index is 236. The van der Waals surface area contributed by atoms with Gasteiger partial charge in [-0.25, -0.2) is 0 Å². The van der Waals surface area contributed by atoms with Gasteiger partial charge in [-0.05, 0) is 38.0 Å². The van der Waals surface area contributed by atoms with E-state index in [2.05, 4.69) is 32.9 Å². The van der Waals surface area contributed by atoms with Crippen molar-refractivity contribution in [3.05, 3.63) is 24.5 Å². The third-order valence-corrected chi connectivity index (χ3v) is 2.54. The fraction of sp³-hybridized carbons (Fsp3) is 0.778. The molecule has 0 aromatic heterocycles. The van der Waals surface area contributed by atoms with Crippen molar-refractivity contribution in [2.45, 2.75) is 61.3 Å². The molecule has 120 valence electrons. The minimum absolute atomic E-state index is 0.244. The van der Waals surface area contributed by atoms with E-state index in [1.54, 1.807) is 6.26 Å². The molecule has 0 rings (SSSR count). The van der Waals surface area contributed by atoms with Crippen LogP contribution >= 0.6 is 0 Å². The summed E-state index contributed by atoms with van der Waals surface area (Å²) in [6.45, 7) is 17.1. The molecule has 0 aromatic rings. The molecule has 0 aliphatic heterocycles. The molecule has 1 atom stereocenters. The highest BCUT2D eigenvalue weighted by molar-refractivity contribution is 4.96. The molecule has 0 spiro atoms. The summed E-state index contributed by atoms with van der Waals surface area (Å²) in [6, 6.07) is 0. The number of ether oxygens (including phenoxy) is 2. The van der Waals surface area contributed by atoms with Crippen LogP contribution in [-0.4, -0.2) is 19.8 Å². The maximum absolute atomic E-state index is 5.43. The molecular weight excluding hydrogens is 248 g/mol. The largest absolute Gasteiger partial charge is 0.502 e. The van der Waals surface area contributed by atoms with E-state index in [4.69, 9.17) is 9.47 Å². The van der Waals surface area contributed by atoms with Crippen molar-refractivity contribution in [3.8, 4) is 0 Å². The second-order valence-electron chi connectivity index (χ2n) is 5.60. The summed E-state index contributed by atoms with van der Waals surface area (Å²) in [6.07, 6.45) is 10.4. The van der Waals surface area contributed by atoms with E-state index in [1.165, 1.54) is 0 Å². The second kappa shape index (κ2) is 14.6. The van der Waals surface area contributed by atoms with Crippen LogP contribution in [0.4, 0.5) is 0 Å². The van der Waals surface area contributed by atoms with E-state index < -0.39 is 0 Å². The van der Waals surface area contributed by atoms with Crippen LogP contribution in [0, 0.1) is 11.3 Å². The molecule has 0 saturated heterocycles. The van der Waals surface area contributed by atoms with Gasteiger partial charge in [0, 0.05) is 13.2 Å². The van der Waals surface area contributed by atoms with Crippen molar-refractivity contribution in [2.24, 2.45) is 11.3 Å². The van der Waals surface area contributed by atoms with Crippen molar-refractivity contribution in [1.82, 2.24) is 0 Å². The molecule has 0 radical (unpaired) electrons. The van der Waals surface area contributed by atoms with Gasteiger partial charge in [0.1, 0.15) is 0 Å². The molecule has 0 aliphatic rings. The molecule has 20 heavy (non-hydrogen) atoms. The molecule has 0 bridgehead atoms. The molecule has 0 aliphatic carbocycles. The Morgan fingerprint density at radius 2 is 1.65 bits per heavy atom. The van der Waals surface area contributed by atoms with Crippen molar-refractivity contribution in [3.63, 3.8) is 0 Å². The van der Waals surface area contributed by atoms with Crippen LogP contribution in [0.25, 0.3) is 0 Å². The molecule has 0 amide bonds. The summed E-state index contributed by atoms with van der Waals surface area (Å²) in [5.41, 5.74) is 0.244. The Kier molecular flexibility index (Phi) is 15.8. The fourth-order valence-corrected chi connectivity index (χ4v) is 1.52. The predicted molar refractivity (Wildman–Crippen MR) is 89.9 cm³/mol. The smallest absolute Gasteiger partial charge is 0.0878 e. The Hall–Kier alpha value is -0.760. The Labute approximate surface area is 127 Å². The third kappa shape index (κ3) is 17.2. The van der Waals surface area contributed by atoms with Crippen LogP contribution in [0.15, 0.2) is 24.5 Å². The van der Waals surface area contributed by atoms with Gasteiger partial charge in [0.2, 0.25) is 0 Å². The highest BCUT2D eigenvalue weighted by Crippen LogP contribution is 2.19. The first-order chi connectivity index (χ1) is 9.49. The Morgan fingerprint density at radius 1 is 1.05 bits per heavy atom. The molecule has 1 unspecified atom stereocenters. The minimum Gasteiger partial charge on any atom is -0.502 e. The fourth-order valence-electron chi connectivity index (χ4n) is 1.52. The highest BCUT2D eigenvalue weighted by atomic mass is 16.5. The minimum atomic E-state index is 0.244.